The van der Waals surface area contributed by atoms with Crippen LogP contribution in [-0.2, 0) is 6.42 Å². The van der Waals surface area contributed by atoms with Gasteiger partial charge in [-0.1, -0.05) is 23.7 Å². The average molecular weight is 430 g/mol. The van der Waals surface area contributed by atoms with Crippen LogP contribution in [0.4, 0.5) is 0 Å². The molecule has 156 valence electrons. The molecule has 1 aliphatic heterocycles. The molecule has 1 atom stereocenters. The van der Waals surface area contributed by atoms with Crippen molar-refractivity contribution in [1.29, 1.82) is 0 Å². The fourth-order valence-electron chi connectivity index (χ4n) is 3.80. The number of methoxy groups -OCH3 is 2. The first-order chi connectivity index (χ1) is 14.5. The van der Waals surface area contributed by atoms with Gasteiger partial charge >= 0.3 is 5.69 Å². The molecule has 0 saturated heterocycles. The molecule has 0 bridgehead atoms. The lowest BCUT2D eigenvalue weighted by molar-refractivity contribution is 0.352. The van der Waals surface area contributed by atoms with E-state index in [0.29, 0.717) is 24.5 Å². The SMILES string of the molecule is COc1cc2c(cc1OC)[C@@H](c1c(O)n(-c3ccccc3Cl)c(=O)[nH]c1=O)NCC2. The second-order valence-corrected chi connectivity index (χ2v) is 7.23. The number of fused-ring (bicyclic) bond motifs is 1. The standard InChI is InChI=1S/C21H20ClN3O5/c1-29-15-9-11-7-8-23-18(12(11)10-16(15)30-2)17-19(26)24-21(28)25(20(17)27)14-6-4-3-5-13(14)22/h3-6,9-10,18,23,27H,7-8H2,1-2H3,(H,24,26,28)/t18-/m0/s1. The average Bonchev–Trinajstić information content (AvgIpc) is 2.73. The molecule has 9 heteroatoms. The van der Waals surface area contributed by atoms with Crippen LogP contribution < -0.4 is 26.0 Å². The van der Waals surface area contributed by atoms with Crippen LogP contribution in [0.1, 0.15) is 22.7 Å². The molecule has 0 amide bonds. The van der Waals surface area contributed by atoms with Gasteiger partial charge in [0.15, 0.2) is 11.5 Å². The van der Waals surface area contributed by atoms with E-state index in [1.807, 2.05) is 6.07 Å². The molecule has 0 spiro atoms. The molecule has 1 aromatic heterocycles. The fraction of sp³-hybridized carbons (Fsp3) is 0.238. The Morgan fingerprint density at radius 1 is 1.13 bits per heavy atom. The first kappa shape index (κ1) is 20.1. The fourth-order valence-corrected chi connectivity index (χ4v) is 4.02. The topological polar surface area (TPSA) is 106 Å². The van der Waals surface area contributed by atoms with Crippen molar-refractivity contribution in [2.24, 2.45) is 0 Å². The van der Waals surface area contributed by atoms with Crippen LogP contribution in [0.15, 0.2) is 46.0 Å². The number of halogens is 1. The number of hydrogen-bond acceptors (Lipinski definition) is 6. The minimum Gasteiger partial charge on any atom is -0.494 e. The highest BCUT2D eigenvalue weighted by Crippen LogP contribution is 2.38. The van der Waals surface area contributed by atoms with Gasteiger partial charge < -0.3 is 19.9 Å². The van der Waals surface area contributed by atoms with Gasteiger partial charge in [0, 0.05) is 6.54 Å². The van der Waals surface area contributed by atoms with Crippen molar-refractivity contribution in [3.63, 3.8) is 0 Å². The summed E-state index contributed by atoms with van der Waals surface area (Å²) in [7, 11) is 3.08. The van der Waals surface area contributed by atoms with Gasteiger partial charge in [0.25, 0.3) is 5.56 Å². The van der Waals surface area contributed by atoms with Gasteiger partial charge in [0.2, 0.25) is 5.88 Å². The summed E-state index contributed by atoms with van der Waals surface area (Å²) in [4.78, 5) is 27.6. The molecule has 4 rings (SSSR count). The van der Waals surface area contributed by atoms with E-state index in [4.69, 9.17) is 21.1 Å². The molecule has 0 radical (unpaired) electrons. The van der Waals surface area contributed by atoms with Crippen molar-refractivity contribution in [1.82, 2.24) is 14.9 Å². The maximum atomic E-state index is 12.8. The Morgan fingerprint density at radius 3 is 2.53 bits per heavy atom. The van der Waals surface area contributed by atoms with Gasteiger partial charge in [-0.2, -0.15) is 0 Å². The van der Waals surface area contributed by atoms with E-state index >= 15 is 0 Å². The lowest BCUT2D eigenvalue weighted by Crippen LogP contribution is -2.38. The highest BCUT2D eigenvalue weighted by Gasteiger charge is 2.30. The first-order valence-corrected chi connectivity index (χ1v) is 9.65. The van der Waals surface area contributed by atoms with Crippen LogP contribution >= 0.6 is 11.6 Å². The number of benzene rings is 2. The Kier molecular flexibility index (Phi) is 5.27. The number of aromatic hydroxyl groups is 1. The number of para-hydroxylation sites is 1. The number of aromatic amines is 1. The first-order valence-electron chi connectivity index (χ1n) is 9.27. The number of ether oxygens (including phenoxy) is 2. The monoisotopic (exact) mass is 429 g/mol. The van der Waals surface area contributed by atoms with Gasteiger partial charge in [0.1, 0.15) is 0 Å². The normalized spacial score (nSPS) is 15.5. The Balaban J connectivity index is 1.96. The van der Waals surface area contributed by atoms with Crippen molar-refractivity contribution in [3.8, 4) is 23.1 Å². The maximum absolute atomic E-state index is 12.8. The molecular formula is C21H20ClN3O5. The van der Waals surface area contributed by atoms with Crippen LogP contribution in [0.25, 0.3) is 5.69 Å². The number of H-pyrrole nitrogens is 1. The van der Waals surface area contributed by atoms with E-state index in [1.54, 1.807) is 37.4 Å². The summed E-state index contributed by atoms with van der Waals surface area (Å²) in [6.07, 6.45) is 0.703. The van der Waals surface area contributed by atoms with Crippen LogP contribution in [0.5, 0.6) is 17.4 Å². The molecule has 0 aliphatic carbocycles. The number of hydrogen-bond donors (Lipinski definition) is 3. The van der Waals surface area contributed by atoms with Crippen LogP contribution in [0.2, 0.25) is 5.02 Å². The zero-order valence-electron chi connectivity index (χ0n) is 16.4. The van der Waals surface area contributed by atoms with Crippen molar-refractivity contribution in [2.75, 3.05) is 20.8 Å². The molecule has 8 nitrogen and oxygen atoms in total. The van der Waals surface area contributed by atoms with Crippen LogP contribution in [-0.4, -0.2) is 35.4 Å². The molecule has 0 saturated carbocycles. The molecule has 3 aromatic rings. The largest absolute Gasteiger partial charge is 0.494 e. The second kappa shape index (κ2) is 7.89. The van der Waals surface area contributed by atoms with E-state index in [2.05, 4.69) is 10.3 Å². The summed E-state index contributed by atoms with van der Waals surface area (Å²) in [5.41, 5.74) is 0.526. The molecule has 30 heavy (non-hydrogen) atoms. The van der Waals surface area contributed by atoms with Gasteiger partial charge in [-0.3, -0.25) is 9.78 Å². The molecule has 2 aromatic carbocycles. The van der Waals surface area contributed by atoms with Crippen molar-refractivity contribution >= 4 is 11.6 Å². The predicted octanol–water partition coefficient (Wildman–Crippen LogP) is 2.14. The molecule has 1 aliphatic rings. The van der Waals surface area contributed by atoms with Gasteiger partial charge in [0.05, 0.1) is 36.5 Å². The van der Waals surface area contributed by atoms with Crippen LogP contribution in [0.3, 0.4) is 0 Å². The van der Waals surface area contributed by atoms with E-state index in [0.717, 1.165) is 15.7 Å². The molecule has 2 heterocycles. The van der Waals surface area contributed by atoms with E-state index in [9.17, 15) is 14.7 Å². The minimum atomic E-state index is -0.780. The zero-order chi connectivity index (χ0) is 21.4. The quantitative estimate of drug-likeness (QED) is 0.586. The Labute approximate surface area is 176 Å². The van der Waals surface area contributed by atoms with Gasteiger partial charge in [-0.15, -0.1) is 0 Å². The minimum absolute atomic E-state index is 0.0164. The Morgan fingerprint density at radius 2 is 1.83 bits per heavy atom. The van der Waals surface area contributed by atoms with Crippen molar-refractivity contribution in [2.45, 2.75) is 12.5 Å². The summed E-state index contributed by atoms with van der Waals surface area (Å²) in [6.45, 7) is 0.567. The second-order valence-electron chi connectivity index (χ2n) is 6.83. The van der Waals surface area contributed by atoms with Gasteiger partial charge in [-0.05, 0) is 41.8 Å². The lowest BCUT2D eigenvalue weighted by atomic mass is 9.90. The third-order valence-electron chi connectivity index (χ3n) is 5.20. The third-order valence-corrected chi connectivity index (χ3v) is 5.52. The van der Waals surface area contributed by atoms with E-state index in [1.165, 1.54) is 7.11 Å². The zero-order valence-corrected chi connectivity index (χ0v) is 17.1. The summed E-state index contributed by atoms with van der Waals surface area (Å²) >= 11 is 6.23. The van der Waals surface area contributed by atoms with Gasteiger partial charge in [-0.25, -0.2) is 9.36 Å². The summed E-state index contributed by atoms with van der Waals surface area (Å²) in [5.74, 6) is 0.605. The number of nitrogens with zero attached hydrogens (tertiary/aromatic N) is 1. The summed E-state index contributed by atoms with van der Waals surface area (Å²) in [6, 6.07) is 9.54. The summed E-state index contributed by atoms with van der Waals surface area (Å²) in [5, 5.41) is 14.5. The molecule has 0 unspecified atom stereocenters. The maximum Gasteiger partial charge on any atom is 0.335 e. The van der Waals surface area contributed by atoms with Crippen molar-refractivity contribution < 1.29 is 14.6 Å². The molecular weight excluding hydrogens is 410 g/mol. The van der Waals surface area contributed by atoms with Crippen molar-refractivity contribution in [3.05, 3.63) is 78.9 Å². The lowest BCUT2D eigenvalue weighted by Gasteiger charge is -2.28. The number of nitrogens with one attached hydrogen (secondary N) is 2. The Bertz CT molecular complexity index is 1230. The van der Waals surface area contributed by atoms with Crippen LogP contribution in [0, 0.1) is 0 Å². The highest BCUT2D eigenvalue weighted by molar-refractivity contribution is 6.32. The molecule has 0 fully saturated rings. The smallest absolute Gasteiger partial charge is 0.335 e. The highest BCUT2D eigenvalue weighted by atomic mass is 35.5. The number of aromatic nitrogens is 2. The van der Waals surface area contributed by atoms with E-state index < -0.39 is 23.2 Å². The van der Waals surface area contributed by atoms with E-state index in [-0.39, 0.29) is 16.3 Å². The Hall–Kier alpha value is -3.23. The third kappa shape index (κ3) is 3.24. The number of rotatable bonds is 4. The predicted molar refractivity (Wildman–Crippen MR) is 112 cm³/mol. The summed E-state index contributed by atoms with van der Waals surface area (Å²) < 4.78 is 11.8. The molecule has 3 N–H and O–H groups in total.